The maximum absolute atomic E-state index is 5.57. The second-order valence-electron chi connectivity index (χ2n) is 3.69. The minimum Gasteiger partial charge on any atom is -0.453 e. The van der Waals surface area contributed by atoms with Gasteiger partial charge in [-0.15, -0.1) is 0 Å². The zero-order chi connectivity index (χ0) is 12.3. The highest BCUT2D eigenvalue weighted by atomic mass is 127. The molecule has 1 heterocycles. The van der Waals surface area contributed by atoms with Gasteiger partial charge in [-0.25, -0.2) is 5.43 Å². The molecule has 0 amide bonds. The molecule has 2 rings (SSSR count). The third-order valence-electron chi connectivity index (χ3n) is 2.49. The monoisotopic (exact) mass is 406 g/mol. The first kappa shape index (κ1) is 13.1. The summed E-state index contributed by atoms with van der Waals surface area (Å²) in [7, 11) is 0. The smallest absolute Gasteiger partial charge is 0.169 e. The van der Waals surface area contributed by atoms with Crippen LogP contribution in [0, 0.1) is 3.57 Å². The van der Waals surface area contributed by atoms with Crippen molar-refractivity contribution >= 4 is 38.5 Å². The quantitative estimate of drug-likeness (QED) is 0.464. The zero-order valence-electron chi connectivity index (χ0n) is 8.99. The molecule has 0 bridgehead atoms. The number of hydrogen-bond donors (Lipinski definition) is 2. The average Bonchev–Trinajstić information content (AvgIpc) is 2.75. The van der Waals surface area contributed by atoms with Crippen LogP contribution in [0.25, 0.3) is 0 Å². The Kier molecular flexibility index (Phi) is 4.61. The summed E-state index contributed by atoms with van der Waals surface area (Å²) in [5.74, 6) is 6.40. The summed E-state index contributed by atoms with van der Waals surface area (Å²) in [4.78, 5) is 0. The third-order valence-corrected chi connectivity index (χ3v) is 3.64. The zero-order valence-corrected chi connectivity index (χ0v) is 12.7. The summed E-state index contributed by atoms with van der Waals surface area (Å²) >= 11 is 5.58. The van der Waals surface area contributed by atoms with Gasteiger partial charge in [-0.2, -0.15) is 0 Å². The minimum absolute atomic E-state index is 0.0126. The van der Waals surface area contributed by atoms with Gasteiger partial charge in [0.15, 0.2) is 4.67 Å². The van der Waals surface area contributed by atoms with E-state index in [-0.39, 0.29) is 6.04 Å². The van der Waals surface area contributed by atoms with Crippen molar-refractivity contribution in [2.24, 2.45) is 5.84 Å². The van der Waals surface area contributed by atoms with Crippen LogP contribution in [0.15, 0.2) is 45.5 Å². The molecule has 2 aromatic rings. The summed E-state index contributed by atoms with van der Waals surface area (Å²) < 4.78 is 7.45. The van der Waals surface area contributed by atoms with Gasteiger partial charge in [0.05, 0.1) is 6.04 Å². The molecule has 1 atom stereocenters. The van der Waals surface area contributed by atoms with Crippen molar-refractivity contribution in [1.29, 1.82) is 0 Å². The van der Waals surface area contributed by atoms with Crippen molar-refractivity contribution in [2.45, 2.75) is 12.5 Å². The van der Waals surface area contributed by atoms with Gasteiger partial charge in [-0.1, -0.05) is 12.1 Å². The van der Waals surface area contributed by atoms with E-state index in [1.165, 1.54) is 9.13 Å². The van der Waals surface area contributed by atoms with E-state index < -0.39 is 0 Å². The lowest BCUT2D eigenvalue weighted by Gasteiger charge is -2.13. The van der Waals surface area contributed by atoms with Crippen LogP contribution in [0.1, 0.15) is 17.4 Å². The van der Waals surface area contributed by atoms with Gasteiger partial charge in [-0.3, -0.25) is 5.84 Å². The van der Waals surface area contributed by atoms with Crippen LogP contribution in [0.5, 0.6) is 0 Å². The van der Waals surface area contributed by atoms with Crippen molar-refractivity contribution < 1.29 is 4.42 Å². The fourth-order valence-electron chi connectivity index (χ4n) is 1.61. The summed E-state index contributed by atoms with van der Waals surface area (Å²) in [6, 6.07) is 12.1. The third kappa shape index (κ3) is 3.54. The molecule has 0 fully saturated rings. The Bertz CT molecular complexity index is 484. The van der Waals surface area contributed by atoms with E-state index in [4.69, 9.17) is 10.3 Å². The minimum atomic E-state index is -0.0126. The van der Waals surface area contributed by atoms with Crippen LogP contribution in [-0.2, 0) is 6.42 Å². The first-order valence-electron chi connectivity index (χ1n) is 5.15. The topological polar surface area (TPSA) is 51.2 Å². The highest BCUT2D eigenvalue weighted by Crippen LogP contribution is 2.23. The maximum atomic E-state index is 5.57. The SMILES string of the molecule is NNC(Cc1ccc(I)cc1)c1ccc(Br)o1. The van der Waals surface area contributed by atoms with Gasteiger partial charge in [0.1, 0.15) is 5.76 Å². The van der Waals surface area contributed by atoms with E-state index >= 15 is 0 Å². The van der Waals surface area contributed by atoms with Gasteiger partial charge in [0, 0.05) is 3.57 Å². The second-order valence-corrected chi connectivity index (χ2v) is 5.72. The van der Waals surface area contributed by atoms with Crippen LogP contribution < -0.4 is 11.3 Å². The number of nitrogens with one attached hydrogen (secondary N) is 1. The molecule has 3 N–H and O–H groups in total. The normalized spacial score (nSPS) is 12.6. The number of nitrogens with two attached hydrogens (primary N) is 1. The molecule has 0 aliphatic carbocycles. The summed E-state index contributed by atoms with van der Waals surface area (Å²) in [6.07, 6.45) is 0.799. The molecule has 0 aliphatic heterocycles. The van der Waals surface area contributed by atoms with Gasteiger partial charge < -0.3 is 4.42 Å². The highest BCUT2D eigenvalue weighted by Gasteiger charge is 2.14. The van der Waals surface area contributed by atoms with Gasteiger partial charge in [0.2, 0.25) is 0 Å². The van der Waals surface area contributed by atoms with Crippen molar-refractivity contribution in [2.75, 3.05) is 0 Å². The second kappa shape index (κ2) is 5.99. The molecule has 1 aromatic carbocycles. The molecule has 0 saturated heterocycles. The van der Waals surface area contributed by atoms with Crippen LogP contribution >= 0.6 is 38.5 Å². The van der Waals surface area contributed by atoms with Crippen LogP contribution in [0.4, 0.5) is 0 Å². The van der Waals surface area contributed by atoms with Crippen molar-refractivity contribution in [3.05, 3.63) is 56.0 Å². The molecule has 3 nitrogen and oxygen atoms in total. The largest absolute Gasteiger partial charge is 0.453 e. The molecule has 0 aliphatic rings. The lowest BCUT2D eigenvalue weighted by Crippen LogP contribution is -2.29. The summed E-state index contributed by atoms with van der Waals surface area (Å²) in [5.41, 5.74) is 4.00. The molecule has 0 saturated carbocycles. The fraction of sp³-hybridized carbons (Fsp3) is 0.167. The Morgan fingerprint density at radius 2 is 1.94 bits per heavy atom. The van der Waals surface area contributed by atoms with Gasteiger partial charge in [-0.05, 0) is 74.8 Å². The predicted molar refractivity (Wildman–Crippen MR) is 79.3 cm³/mol. The van der Waals surface area contributed by atoms with Crippen LogP contribution in [-0.4, -0.2) is 0 Å². The summed E-state index contributed by atoms with van der Waals surface area (Å²) in [5, 5.41) is 0. The Hall–Kier alpha value is -0.370. The van der Waals surface area contributed by atoms with E-state index in [9.17, 15) is 0 Å². The Labute approximate surface area is 122 Å². The highest BCUT2D eigenvalue weighted by molar-refractivity contribution is 14.1. The number of hydrogen-bond acceptors (Lipinski definition) is 3. The molecule has 5 heteroatoms. The van der Waals surface area contributed by atoms with E-state index in [0.29, 0.717) is 0 Å². The number of benzene rings is 1. The maximum Gasteiger partial charge on any atom is 0.169 e. The van der Waals surface area contributed by atoms with Gasteiger partial charge >= 0.3 is 0 Å². The Morgan fingerprint density at radius 1 is 1.24 bits per heavy atom. The Balaban J connectivity index is 2.12. The first-order chi connectivity index (χ1) is 8.19. The number of rotatable bonds is 4. The lowest BCUT2D eigenvalue weighted by molar-refractivity contribution is 0.404. The fourth-order valence-corrected chi connectivity index (χ4v) is 2.29. The number of hydrazine groups is 1. The van der Waals surface area contributed by atoms with E-state index in [2.05, 4.69) is 68.2 Å². The molecular weight excluding hydrogens is 395 g/mol. The molecule has 0 spiro atoms. The van der Waals surface area contributed by atoms with Crippen LogP contribution in [0.2, 0.25) is 0 Å². The van der Waals surface area contributed by atoms with Gasteiger partial charge in [0.25, 0.3) is 0 Å². The van der Waals surface area contributed by atoms with E-state index in [0.717, 1.165) is 16.9 Å². The number of furan rings is 1. The van der Waals surface area contributed by atoms with E-state index in [1.807, 2.05) is 12.1 Å². The first-order valence-corrected chi connectivity index (χ1v) is 7.02. The van der Waals surface area contributed by atoms with Crippen molar-refractivity contribution in [3.63, 3.8) is 0 Å². The molecule has 1 unspecified atom stereocenters. The Morgan fingerprint density at radius 3 is 2.47 bits per heavy atom. The molecule has 17 heavy (non-hydrogen) atoms. The average molecular weight is 407 g/mol. The molecule has 0 radical (unpaired) electrons. The van der Waals surface area contributed by atoms with E-state index in [1.54, 1.807) is 0 Å². The number of halogens is 2. The molecular formula is C12H12BrIN2O. The lowest BCUT2D eigenvalue weighted by atomic mass is 10.0. The van der Waals surface area contributed by atoms with Crippen molar-refractivity contribution in [1.82, 2.24) is 5.43 Å². The summed E-state index contributed by atoms with van der Waals surface area (Å²) in [6.45, 7) is 0. The molecule has 90 valence electrons. The molecule has 1 aromatic heterocycles. The predicted octanol–water partition coefficient (Wildman–Crippen LogP) is 3.39. The standard InChI is InChI=1S/C12H12BrIN2O/c13-12-6-5-11(17-12)10(16-15)7-8-1-3-9(14)4-2-8/h1-6,10,16H,7,15H2. The van der Waals surface area contributed by atoms with Crippen molar-refractivity contribution in [3.8, 4) is 0 Å². The van der Waals surface area contributed by atoms with Crippen LogP contribution in [0.3, 0.4) is 0 Å².